The van der Waals surface area contributed by atoms with Crippen LogP contribution in [0.3, 0.4) is 0 Å². The van der Waals surface area contributed by atoms with Crippen LogP contribution in [0.1, 0.15) is 28.1 Å². The predicted molar refractivity (Wildman–Crippen MR) is 70.0 cm³/mol. The molecule has 1 aliphatic rings. The lowest BCUT2D eigenvalue weighted by Gasteiger charge is -2.08. The number of pyridine rings is 1. The summed E-state index contributed by atoms with van der Waals surface area (Å²) in [6, 6.07) is 2.12. The number of aryl methyl sites for hydroxylation is 3. The summed E-state index contributed by atoms with van der Waals surface area (Å²) in [7, 11) is 0. The van der Waals surface area contributed by atoms with Crippen molar-refractivity contribution in [1.82, 2.24) is 20.3 Å². The molecule has 0 unspecified atom stereocenters. The van der Waals surface area contributed by atoms with Crippen molar-refractivity contribution >= 4 is 0 Å². The van der Waals surface area contributed by atoms with Crippen molar-refractivity contribution in [2.75, 3.05) is 0 Å². The number of nitrogens with one attached hydrogen (secondary N) is 1. The number of aromatic nitrogens is 3. The van der Waals surface area contributed by atoms with Gasteiger partial charge in [0.25, 0.3) is 0 Å². The molecule has 0 spiro atoms. The Bertz CT molecular complexity index is 619. The summed E-state index contributed by atoms with van der Waals surface area (Å²) in [4.78, 5) is 13.7. The van der Waals surface area contributed by atoms with E-state index in [4.69, 9.17) is 0 Å². The largest absolute Gasteiger partial charge is 0.307 e. The number of fused-ring (bicyclic) bond motifs is 1. The SMILES string of the molecule is Cc1cnc(-c2nc(C)c3c(n2)CNC3)c(C)c1. The van der Waals surface area contributed by atoms with Crippen molar-refractivity contribution in [3.8, 4) is 11.5 Å². The van der Waals surface area contributed by atoms with Crippen LogP contribution in [0.15, 0.2) is 12.3 Å². The second-order valence-corrected chi connectivity index (χ2v) is 4.84. The van der Waals surface area contributed by atoms with Gasteiger partial charge in [0.15, 0.2) is 5.82 Å². The van der Waals surface area contributed by atoms with Gasteiger partial charge in [-0.05, 0) is 31.9 Å². The Morgan fingerprint density at radius 2 is 1.94 bits per heavy atom. The van der Waals surface area contributed by atoms with E-state index in [-0.39, 0.29) is 0 Å². The summed E-state index contributed by atoms with van der Waals surface area (Å²) in [5.41, 5.74) is 6.58. The Morgan fingerprint density at radius 3 is 2.72 bits per heavy atom. The summed E-state index contributed by atoms with van der Waals surface area (Å²) in [5.74, 6) is 0.743. The first-order valence-electron chi connectivity index (χ1n) is 6.16. The molecule has 0 fully saturated rings. The molecule has 4 heteroatoms. The van der Waals surface area contributed by atoms with Gasteiger partial charge in [-0.3, -0.25) is 4.98 Å². The summed E-state index contributed by atoms with van der Waals surface area (Å²) in [5, 5.41) is 3.31. The van der Waals surface area contributed by atoms with Crippen molar-refractivity contribution in [2.24, 2.45) is 0 Å². The van der Waals surface area contributed by atoms with Crippen molar-refractivity contribution in [2.45, 2.75) is 33.9 Å². The highest BCUT2D eigenvalue weighted by molar-refractivity contribution is 5.56. The van der Waals surface area contributed by atoms with Crippen LogP contribution in [0.25, 0.3) is 11.5 Å². The van der Waals surface area contributed by atoms with Gasteiger partial charge in [-0.1, -0.05) is 6.07 Å². The smallest absolute Gasteiger partial charge is 0.178 e. The van der Waals surface area contributed by atoms with E-state index in [0.29, 0.717) is 0 Å². The Morgan fingerprint density at radius 1 is 1.11 bits per heavy atom. The third-order valence-corrected chi connectivity index (χ3v) is 3.32. The van der Waals surface area contributed by atoms with E-state index in [9.17, 15) is 0 Å². The molecule has 0 radical (unpaired) electrons. The van der Waals surface area contributed by atoms with E-state index in [2.05, 4.69) is 33.3 Å². The van der Waals surface area contributed by atoms with Gasteiger partial charge < -0.3 is 5.32 Å². The molecule has 0 atom stereocenters. The minimum absolute atomic E-state index is 0.743. The van der Waals surface area contributed by atoms with Crippen molar-refractivity contribution < 1.29 is 0 Å². The molecular formula is C14H16N4. The topological polar surface area (TPSA) is 50.7 Å². The first-order valence-corrected chi connectivity index (χ1v) is 6.16. The molecule has 4 nitrogen and oxygen atoms in total. The van der Waals surface area contributed by atoms with E-state index < -0.39 is 0 Å². The van der Waals surface area contributed by atoms with Crippen molar-refractivity contribution in [3.05, 3.63) is 40.3 Å². The number of hydrogen-bond donors (Lipinski definition) is 1. The summed E-state index contributed by atoms with van der Waals surface area (Å²) in [6.07, 6.45) is 1.87. The van der Waals surface area contributed by atoms with Crippen LogP contribution in [-0.4, -0.2) is 15.0 Å². The zero-order chi connectivity index (χ0) is 12.7. The molecule has 3 rings (SSSR count). The van der Waals surface area contributed by atoms with Gasteiger partial charge in [0.2, 0.25) is 0 Å². The Hall–Kier alpha value is -1.81. The quantitative estimate of drug-likeness (QED) is 0.829. The average molecular weight is 240 g/mol. The second kappa shape index (κ2) is 4.14. The molecule has 0 amide bonds. The van der Waals surface area contributed by atoms with Gasteiger partial charge in [-0.2, -0.15) is 0 Å². The first kappa shape index (κ1) is 11.3. The van der Waals surface area contributed by atoms with E-state index >= 15 is 0 Å². The van der Waals surface area contributed by atoms with E-state index in [1.54, 1.807) is 0 Å². The molecule has 1 N–H and O–H groups in total. The van der Waals surface area contributed by atoms with Gasteiger partial charge in [0.1, 0.15) is 5.69 Å². The van der Waals surface area contributed by atoms with Gasteiger partial charge in [-0.25, -0.2) is 9.97 Å². The molecular weight excluding hydrogens is 224 g/mol. The van der Waals surface area contributed by atoms with Crippen molar-refractivity contribution in [3.63, 3.8) is 0 Å². The van der Waals surface area contributed by atoms with Gasteiger partial charge >= 0.3 is 0 Å². The molecule has 3 heterocycles. The number of hydrogen-bond acceptors (Lipinski definition) is 4. The molecule has 0 saturated carbocycles. The lowest BCUT2D eigenvalue weighted by Crippen LogP contribution is -2.02. The molecule has 2 aromatic heterocycles. The molecule has 18 heavy (non-hydrogen) atoms. The third-order valence-electron chi connectivity index (χ3n) is 3.32. The van der Waals surface area contributed by atoms with Gasteiger partial charge in [0.05, 0.1) is 5.69 Å². The van der Waals surface area contributed by atoms with Gasteiger partial charge in [-0.15, -0.1) is 0 Å². The fraction of sp³-hybridized carbons (Fsp3) is 0.357. The van der Waals surface area contributed by atoms with Crippen LogP contribution in [0, 0.1) is 20.8 Å². The molecule has 0 aliphatic carbocycles. The van der Waals surface area contributed by atoms with Crippen LogP contribution in [0.2, 0.25) is 0 Å². The zero-order valence-corrected chi connectivity index (χ0v) is 10.9. The maximum atomic E-state index is 4.64. The summed E-state index contributed by atoms with van der Waals surface area (Å²) in [6.45, 7) is 7.85. The van der Waals surface area contributed by atoms with Gasteiger partial charge in [0, 0.05) is 30.5 Å². The van der Waals surface area contributed by atoms with Crippen LogP contribution >= 0.6 is 0 Å². The monoisotopic (exact) mass is 240 g/mol. The summed E-state index contributed by atoms with van der Waals surface area (Å²) < 4.78 is 0. The van der Waals surface area contributed by atoms with E-state index in [1.807, 2.05) is 20.0 Å². The highest BCUT2D eigenvalue weighted by Crippen LogP contribution is 2.23. The normalized spacial score (nSPS) is 13.7. The molecule has 92 valence electrons. The maximum absolute atomic E-state index is 4.64. The van der Waals surface area contributed by atoms with E-state index in [0.717, 1.165) is 47.1 Å². The lowest BCUT2D eigenvalue weighted by atomic mass is 10.1. The van der Waals surface area contributed by atoms with E-state index in [1.165, 1.54) is 5.56 Å². The maximum Gasteiger partial charge on any atom is 0.178 e. The van der Waals surface area contributed by atoms with Crippen LogP contribution in [0.5, 0.6) is 0 Å². The zero-order valence-electron chi connectivity index (χ0n) is 10.9. The van der Waals surface area contributed by atoms with Crippen molar-refractivity contribution in [1.29, 1.82) is 0 Å². The lowest BCUT2D eigenvalue weighted by molar-refractivity contribution is 0.757. The molecule has 1 aliphatic heterocycles. The van der Waals surface area contributed by atoms with Crippen LogP contribution in [0.4, 0.5) is 0 Å². The Balaban J connectivity index is 2.15. The third kappa shape index (κ3) is 1.78. The molecule has 2 aromatic rings. The first-order chi connectivity index (χ1) is 8.65. The minimum atomic E-state index is 0.743. The molecule has 0 aromatic carbocycles. The highest BCUT2D eigenvalue weighted by atomic mass is 15.0. The molecule has 0 saturated heterocycles. The fourth-order valence-electron chi connectivity index (χ4n) is 2.39. The second-order valence-electron chi connectivity index (χ2n) is 4.84. The Kier molecular flexibility index (Phi) is 2.59. The average Bonchev–Trinajstić information content (AvgIpc) is 2.77. The van der Waals surface area contributed by atoms with Crippen LogP contribution < -0.4 is 5.32 Å². The standard InChI is InChI=1S/C14H16N4/c1-8-4-9(2)13(16-5-8)14-17-10(3)11-6-15-7-12(11)18-14/h4-5,15H,6-7H2,1-3H3. The Labute approximate surface area is 107 Å². The van der Waals surface area contributed by atoms with Crippen LogP contribution in [-0.2, 0) is 13.1 Å². The predicted octanol–water partition coefficient (Wildman–Crippen LogP) is 2.07. The number of rotatable bonds is 1. The molecule has 0 bridgehead atoms. The summed E-state index contributed by atoms with van der Waals surface area (Å²) >= 11 is 0. The number of nitrogens with zero attached hydrogens (tertiary/aromatic N) is 3. The minimum Gasteiger partial charge on any atom is -0.307 e. The fourth-order valence-corrected chi connectivity index (χ4v) is 2.39. The highest BCUT2D eigenvalue weighted by Gasteiger charge is 2.18.